The lowest BCUT2D eigenvalue weighted by atomic mass is 10.1. The van der Waals surface area contributed by atoms with E-state index in [9.17, 15) is 9.90 Å². The molecule has 0 atom stereocenters. The van der Waals surface area contributed by atoms with Crippen LogP contribution in [0.3, 0.4) is 0 Å². The first-order valence-corrected chi connectivity index (χ1v) is 8.31. The van der Waals surface area contributed by atoms with Crippen LogP contribution in [0.5, 0.6) is 17.2 Å². The van der Waals surface area contributed by atoms with Gasteiger partial charge in [0.2, 0.25) is 5.91 Å². The van der Waals surface area contributed by atoms with Crippen molar-refractivity contribution in [1.29, 1.82) is 0 Å². The van der Waals surface area contributed by atoms with E-state index in [0.717, 1.165) is 5.56 Å². The molecule has 0 spiro atoms. The molecular formula is C20H17N3O4. The molecule has 0 radical (unpaired) electrons. The van der Waals surface area contributed by atoms with E-state index < -0.39 is 0 Å². The van der Waals surface area contributed by atoms with E-state index in [1.807, 2.05) is 12.1 Å². The van der Waals surface area contributed by atoms with Gasteiger partial charge in [-0.1, -0.05) is 0 Å². The first kappa shape index (κ1) is 16.8. The summed E-state index contributed by atoms with van der Waals surface area (Å²) in [5.41, 5.74) is 2.67. The number of hydrogen-bond acceptors (Lipinski definition) is 6. The number of methoxy groups -OCH3 is 2. The van der Waals surface area contributed by atoms with Crippen LogP contribution in [0, 0.1) is 0 Å². The number of anilines is 2. The number of ether oxygens (including phenoxy) is 2. The van der Waals surface area contributed by atoms with Crippen molar-refractivity contribution in [2.75, 3.05) is 19.1 Å². The Morgan fingerprint density at radius 1 is 1.04 bits per heavy atom. The molecule has 1 aliphatic heterocycles. The van der Waals surface area contributed by atoms with Gasteiger partial charge in [0, 0.05) is 5.56 Å². The number of phenols is 1. The highest BCUT2D eigenvalue weighted by Gasteiger charge is 2.31. The minimum absolute atomic E-state index is 0.111. The zero-order valence-electron chi connectivity index (χ0n) is 14.8. The molecule has 136 valence electrons. The fourth-order valence-corrected chi connectivity index (χ4v) is 3.05. The second kappa shape index (κ2) is 6.60. The number of benzene rings is 2. The van der Waals surface area contributed by atoms with Gasteiger partial charge in [0.25, 0.3) is 0 Å². The van der Waals surface area contributed by atoms with E-state index in [1.54, 1.807) is 38.6 Å². The van der Waals surface area contributed by atoms with E-state index in [2.05, 4.69) is 9.97 Å². The number of phenolic OH excluding ortho intramolecular Hbond substituents is 1. The first-order chi connectivity index (χ1) is 13.1. The monoisotopic (exact) mass is 363 g/mol. The molecule has 1 aliphatic rings. The molecule has 0 fully saturated rings. The average Bonchev–Trinajstić information content (AvgIpc) is 3.03. The molecule has 0 saturated carbocycles. The Balaban J connectivity index is 1.77. The van der Waals surface area contributed by atoms with E-state index in [-0.39, 0.29) is 18.1 Å². The Hall–Kier alpha value is -3.61. The summed E-state index contributed by atoms with van der Waals surface area (Å²) in [7, 11) is 3.15. The Kier molecular flexibility index (Phi) is 4.12. The predicted octanol–water partition coefficient (Wildman–Crippen LogP) is 3.09. The molecule has 0 unspecified atom stereocenters. The van der Waals surface area contributed by atoms with Gasteiger partial charge in [-0.15, -0.1) is 0 Å². The van der Waals surface area contributed by atoms with Gasteiger partial charge in [-0.05, 0) is 42.5 Å². The van der Waals surface area contributed by atoms with Crippen molar-refractivity contribution >= 4 is 17.4 Å². The van der Waals surface area contributed by atoms with Gasteiger partial charge >= 0.3 is 0 Å². The van der Waals surface area contributed by atoms with Crippen molar-refractivity contribution in [3.05, 3.63) is 54.4 Å². The minimum Gasteiger partial charge on any atom is -0.508 e. The Morgan fingerprint density at radius 3 is 2.48 bits per heavy atom. The topological polar surface area (TPSA) is 84.8 Å². The van der Waals surface area contributed by atoms with Gasteiger partial charge < -0.3 is 14.6 Å². The molecule has 7 heteroatoms. The summed E-state index contributed by atoms with van der Waals surface area (Å²) in [6.07, 6.45) is 1.84. The van der Waals surface area contributed by atoms with E-state index in [0.29, 0.717) is 34.4 Å². The zero-order chi connectivity index (χ0) is 19.0. The quantitative estimate of drug-likeness (QED) is 0.767. The van der Waals surface area contributed by atoms with Crippen LogP contribution in [0.15, 0.2) is 48.7 Å². The van der Waals surface area contributed by atoms with Crippen LogP contribution in [0.2, 0.25) is 0 Å². The first-order valence-electron chi connectivity index (χ1n) is 8.31. The van der Waals surface area contributed by atoms with Crippen LogP contribution in [0.1, 0.15) is 5.69 Å². The molecule has 1 amide bonds. The van der Waals surface area contributed by atoms with Crippen LogP contribution < -0.4 is 14.4 Å². The highest BCUT2D eigenvalue weighted by atomic mass is 16.5. The summed E-state index contributed by atoms with van der Waals surface area (Å²) in [5, 5.41) is 9.49. The molecule has 1 aromatic heterocycles. The number of aromatic hydroxyl groups is 1. The molecule has 0 saturated heterocycles. The van der Waals surface area contributed by atoms with Gasteiger partial charge in [0.15, 0.2) is 17.3 Å². The maximum absolute atomic E-state index is 12.5. The Labute approximate surface area is 155 Å². The number of nitrogens with zero attached hydrogens (tertiary/aromatic N) is 3. The third kappa shape index (κ3) is 2.93. The van der Waals surface area contributed by atoms with Crippen molar-refractivity contribution < 1.29 is 19.4 Å². The van der Waals surface area contributed by atoms with E-state index in [4.69, 9.17) is 9.47 Å². The molecule has 2 heterocycles. The number of carbonyl (C=O) groups excluding carboxylic acids is 1. The Morgan fingerprint density at radius 2 is 1.78 bits per heavy atom. The second-order valence-corrected chi connectivity index (χ2v) is 6.02. The van der Waals surface area contributed by atoms with Gasteiger partial charge in [-0.25, -0.2) is 4.98 Å². The molecule has 4 rings (SSSR count). The summed E-state index contributed by atoms with van der Waals surface area (Å²) < 4.78 is 10.6. The zero-order valence-corrected chi connectivity index (χ0v) is 14.8. The van der Waals surface area contributed by atoms with Crippen molar-refractivity contribution in [1.82, 2.24) is 9.97 Å². The number of fused-ring (bicyclic) bond motifs is 1. The highest BCUT2D eigenvalue weighted by molar-refractivity contribution is 6.05. The standard InChI is InChI=1S/C20H17N3O4/c1-26-17-8-3-12(9-18(17)27-2)16-11-21-15-10-19(25)23(20(15)22-16)13-4-6-14(24)7-5-13/h3-9,11,24H,10H2,1-2H3. The van der Waals surface area contributed by atoms with Gasteiger partial charge in [0.05, 0.1) is 43.9 Å². The minimum atomic E-state index is -0.111. The van der Waals surface area contributed by atoms with E-state index in [1.165, 1.54) is 17.0 Å². The Bertz CT molecular complexity index is 1020. The molecule has 1 N–H and O–H groups in total. The molecule has 0 aliphatic carbocycles. The lowest BCUT2D eigenvalue weighted by Crippen LogP contribution is -2.21. The highest BCUT2D eigenvalue weighted by Crippen LogP contribution is 2.36. The summed E-state index contributed by atoms with van der Waals surface area (Å²) in [5.74, 6) is 1.73. The summed E-state index contributed by atoms with van der Waals surface area (Å²) >= 11 is 0. The summed E-state index contributed by atoms with van der Waals surface area (Å²) in [6, 6.07) is 11.9. The molecular weight excluding hydrogens is 346 g/mol. The third-order valence-corrected chi connectivity index (χ3v) is 4.39. The van der Waals surface area contributed by atoms with Crippen LogP contribution in [-0.4, -0.2) is 35.2 Å². The molecule has 7 nitrogen and oxygen atoms in total. The molecule has 2 aromatic carbocycles. The van der Waals surface area contributed by atoms with Crippen molar-refractivity contribution in [2.24, 2.45) is 0 Å². The number of hydrogen-bond donors (Lipinski definition) is 1. The van der Waals surface area contributed by atoms with E-state index >= 15 is 0 Å². The second-order valence-electron chi connectivity index (χ2n) is 6.02. The largest absolute Gasteiger partial charge is 0.508 e. The predicted molar refractivity (Wildman–Crippen MR) is 99.5 cm³/mol. The van der Waals surface area contributed by atoms with Crippen LogP contribution in [-0.2, 0) is 11.2 Å². The van der Waals surface area contributed by atoms with Gasteiger partial charge in [0.1, 0.15) is 5.75 Å². The number of amides is 1. The molecule has 3 aromatic rings. The molecule has 0 bridgehead atoms. The van der Waals surface area contributed by atoms with Crippen LogP contribution in [0.4, 0.5) is 11.5 Å². The lowest BCUT2D eigenvalue weighted by Gasteiger charge is -2.17. The molecule has 27 heavy (non-hydrogen) atoms. The third-order valence-electron chi connectivity index (χ3n) is 4.39. The number of carbonyl (C=O) groups is 1. The van der Waals surface area contributed by atoms with Crippen LogP contribution in [0.25, 0.3) is 11.3 Å². The number of rotatable bonds is 4. The maximum atomic E-state index is 12.5. The van der Waals surface area contributed by atoms with Gasteiger partial charge in [-0.2, -0.15) is 0 Å². The SMILES string of the molecule is COc1ccc(-c2cnc3c(n2)N(c2ccc(O)cc2)C(=O)C3)cc1OC. The number of aromatic nitrogens is 2. The van der Waals surface area contributed by atoms with Crippen LogP contribution >= 0.6 is 0 Å². The fourth-order valence-electron chi connectivity index (χ4n) is 3.05. The smallest absolute Gasteiger partial charge is 0.238 e. The summed E-state index contributed by atoms with van der Waals surface area (Å²) in [4.78, 5) is 23.1. The average molecular weight is 363 g/mol. The summed E-state index contributed by atoms with van der Waals surface area (Å²) in [6.45, 7) is 0. The van der Waals surface area contributed by atoms with Gasteiger partial charge in [-0.3, -0.25) is 14.7 Å². The van der Waals surface area contributed by atoms with Crippen molar-refractivity contribution in [2.45, 2.75) is 6.42 Å². The maximum Gasteiger partial charge on any atom is 0.238 e. The normalized spacial score (nSPS) is 12.8. The lowest BCUT2D eigenvalue weighted by molar-refractivity contribution is -0.116. The fraction of sp³-hybridized carbons (Fsp3) is 0.150. The van der Waals surface area contributed by atoms with Crippen molar-refractivity contribution in [3.63, 3.8) is 0 Å². The van der Waals surface area contributed by atoms with Crippen molar-refractivity contribution in [3.8, 4) is 28.5 Å².